The van der Waals surface area contributed by atoms with E-state index in [2.05, 4.69) is 11.6 Å². The summed E-state index contributed by atoms with van der Waals surface area (Å²) >= 11 is 0. The number of nitrogens with one attached hydrogen (secondary N) is 1. The maximum Gasteiger partial charge on any atom is 0.411 e. The summed E-state index contributed by atoms with van der Waals surface area (Å²) in [5.74, 6) is 0. The van der Waals surface area contributed by atoms with Crippen LogP contribution in [0, 0.1) is 0 Å². The van der Waals surface area contributed by atoms with E-state index in [9.17, 15) is 28.5 Å². The Morgan fingerprint density at radius 3 is 2.13 bits per heavy atom. The van der Waals surface area contributed by atoms with Gasteiger partial charge in [0.1, 0.15) is 31.1 Å². The number of carbonyl (C=O) groups excluding carboxylic acids is 1. The Bertz CT molecular complexity index is 632. The zero-order valence-corrected chi connectivity index (χ0v) is 18.4. The minimum atomic E-state index is -4.28. The highest BCUT2D eigenvalue weighted by Crippen LogP contribution is 2.29. The molecule has 0 spiro atoms. The standard InChI is InChI=1S/C19H36N2O8S/c1-2-3-4-5-6-7-8-9-10-11-12-29-30(26,27)20-18-17(24)16(23)15(22)14-13-28-19(25)21(14)18/h14-18,20,22-24H,2-13H2,1H3/t14?,15-,16?,17?,18+/m1/s1. The molecule has 5 atom stereocenters. The van der Waals surface area contributed by atoms with Crippen molar-refractivity contribution in [1.29, 1.82) is 0 Å². The molecule has 0 aliphatic carbocycles. The van der Waals surface area contributed by atoms with Gasteiger partial charge < -0.3 is 20.1 Å². The number of piperidine rings is 1. The van der Waals surface area contributed by atoms with E-state index >= 15 is 0 Å². The summed E-state index contributed by atoms with van der Waals surface area (Å²) < 4.78 is 36.3. The van der Waals surface area contributed by atoms with Crippen LogP contribution in [0.15, 0.2) is 0 Å². The predicted molar refractivity (Wildman–Crippen MR) is 109 cm³/mol. The Morgan fingerprint density at radius 1 is 0.967 bits per heavy atom. The number of fused-ring (bicyclic) bond motifs is 1. The second-order valence-corrected chi connectivity index (χ2v) is 9.42. The molecule has 0 saturated carbocycles. The monoisotopic (exact) mass is 452 g/mol. The lowest BCUT2D eigenvalue weighted by Crippen LogP contribution is -2.70. The number of aliphatic hydroxyl groups is 3. The highest BCUT2D eigenvalue weighted by atomic mass is 32.2. The lowest BCUT2D eigenvalue weighted by atomic mass is 9.93. The zero-order valence-electron chi connectivity index (χ0n) is 17.6. The van der Waals surface area contributed by atoms with Gasteiger partial charge in [-0.2, -0.15) is 13.1 Å². The summed E-state index contributed by atoms with van der Waals surface area (Å²) in [5.41, 5.74) is 0. The van der Waals surface area contributed by atoms with E-state index in [0.29, 0.717) is 6.42 Å². The van der Waals surface area contributed by atoms with E-state index in [-0.39, 0.29) is 13.2 Å². The number of aliphatic hydroxyl groups excluding tert-OH is 3. The van der Waals surface area contributed by atoms with Gasteiger partial charge in [0.05, 0.1) is 12.6 Å². The quantitative estimate of drug-likeness (QED) is 0.286. The average molecular weight is 453 g/mol. The van der Waals surface area contributed by atoms with Crippen molar-refractivity contribution in [3.05, 3.63) is 0 Å². The number of amides is 1. The Kier molecular flexibility index (Phi) is 10.2. The van der Waals surface area contributed by atoms with Gasteiger partial charge in [0.25, 0.3) is 0 Å². The highest BCUT2D eigenvalue weighted by Gasteiger charge is 2.54. The fraction of sp³-hybridized carbons (Fsp3) is 0.947. The molecule has 0 aromatic rings. The topological polar surface area (TPSA) is 146 Å². The van der Waals surface area contributed by atoms with Crippen LogP contribution in [-0.4, -0.2) is 78.5 Å². The first kappa shape index (κ1) is 25.3. The van der Waals surface area contributed by atoms with E-state index in [1.54, 1.807) is 0 Å². The molecule has 4 N–H and O–H groups in total. The van der Waals surface area contributed by atoms with Crippen molar-refractivity contribution in [2.75, 3.05) is 13.2 Å². The number of carbonyl (C=O) groups is 1. The maximum atomic E-state index is 12.2. The third-order valence-corrected chi connectivity index (χ3v) is 6.67. The van der Waals surface area contributed by atoms with Gasteiger partial charge in [-0.05, 0) is 6.42 Å². The molecule has 11 heteroatoms. The summed E-state index contributed by atoms with van der Waals surface area (Å²) in [7, 11) is -4.28. The molecule has 2 rings (SSSR count). The number of hydrogen-bond acceptors (Lipinski definition) is 8. The summed E-state index contributed by atoms with van der Waals surface area (Å²) in [6.07, 6.45) is 3.88. The summed E-state index contributed by atoms with van der Waals surface area (Å²) in [6.45, 7) is 1.97. The number of rotatable bonds is 14. The number of hydrogen-bond donors (Lipinski definition) is 4. The molecule has 0 aromatic heterocycles. The molecule has 176 valence electrons. The molecule has 0 radical (unpaired) electrons. The second kappa shape index (κ2) is 12.2. The van der Waals surface area contributed by atoms with Gasteiger partial charge in [0.15, 0.2) is 0 Å². The molecule has 2 aliphatic heterocycles. The van der Waals surface area contributed by atoms with Gasteiger partial charge in [-0.15, -0.1) is 0 Å². The van der Waals surface area contributed by atoms with Crippen LogP contribution in [0.4, 0.5) is 4.79 Å². The van der Waals surface area contributed by atoms with Crippen molar-refractivity contribution in [2.24, 2.45) is 0 Å². The van der Waals surface area contributed by atoms with E-state index in [1.165, 1.54) is 38.5 Å². The lowest BCUT2D eigenvalue weighted by Gasteiger charge is -2.43. The smallest absolute Gasteiger partial charge is 0.411 e. The van der Waals surface area contributed by atoms with Crippen LogP contribution in [-0.2, 0) is 19.2 Å². The number of cyclic esters (lactones) is 1. The number of ether oxygens (including phenoxy) is 1. The maximum absolute atomic E-state index is 12.2. The van der Waals surface area contributed by atoms with Crippen molar-refractivity contribution in [3.63, 3.8) is 0 Å². The Labute approximate surface area is 178 Å². The highest BCUT2D eigenvalue weighted by molar-refractivity contribution is 7.84. The van der Waals surface area contributed by atoms with Crippen molar-refractivity contribution in [3.8, 4) is 0 Å². The first-order chi connectivity index (χ1) is 14.3. The minimum absolute atomic E-state index is 0.0201. The summed E-state index contributed by atoms with van der Waals surface area (Å²) in [5, 5.41) is 30.1. The Morgan fingerprint density at radius 2 is 1.53 bits per heavy atom. The Hall–Kier alpha value is -0.980. The molecule has 0 bridgehead atoms. The molecule has 2 fully saturated rings. The largest absolute Gasteiger partial charge is 0.447 e. The van der Waals surface area contributed by atoms with Gasteiger partial charge in [-0.3, -0.25) is 9.08 Å². The van der Waals surface area contributed by atoms with Crippen molar-refractivity contribution in [1.82, 2.24) is 9.62 Å². The van der Waals surface area contributed by atoms with Crippen LogP contribution < -0.4 is 4.72 Å². The summed E-state index contributed by atoms with van der Waals surface area (Å²) in [4.78, 5) is 12.8. The average Bonchev–Trinajstić information content (AvgIpc) is 3.09. The van der Waals surface area contributed by atoms with E-state index in [0.717, 1.165) is 24.2 Å². The van der Waals surface area contributed by atoms with E-state index in [1.807, 2.05) is 0 Å². The van der Waals surface area contributed by atoms with Gasteiger partial charge in [-0.1, -0.05) is 64.7 Å². The Balaban J connectivity index is 1.69. The first-order valence-corrected chi connectivity index (χ1v) is 12.3. The number of nitrogens with zero attached hydrogens (tertiary/aromatic N) is 1. The lowest BCUT2D eigenvalue weighted by molar-refractivity contribution is -0.144. The second-order valence-electron chi connectivity index (χ2n) is 8.04. The summed E-state index contributed by atoms with van der Waals surface area (Å²) in [6, 6.07) is -0.953. The van der Waals surface area contributed by atoms with Crippen LogP contribution in [0.5, 0.6) is 0 Å². The molecular formula is C19H36N2O8S. The molecule has 30 heavy (non-hydrogen) atoms. The predicted octanol–water partition coefficient (Wildman–Crippen LogP) is 1.00. The molecule has 2 heterocycles. The van der Waals surface area contributed by atoms with Crippen molar-refractivity contribution >= 4 is 16.4 Å². The van der Waals surface area contributed by atoms with Gasteiger partial charge in [-0.25, -0.2) is 4.79 Å². The molecule has 2 saturated heterocycles. The van der Waals surface area contributed by atoms with E-state index in [4.69, 9.17) is 8.92 Å². The molecule has 1 amide bonds. The molecule has 10 nitrogen and oxygen atoms in total. The van der Waals surface area contributed by atoms with Gasteiger partial charge in [0, 0.05) is 0 Å². The van der Waals surface area contributed by atoms with Crippen LogP contribution in [0.2, 0.25) is 0 Å². The van der Waals surface area contributed by atoms with Crippen LogP contribution in [0.1, 0.15) is 71.1 Å². The molecule has 2 aliphatic rings. The fourth-order valence-corrected chi connectivity index (χ4v) is 4.83. The third-order valence-electron chi connectivity index (χ3n) is 5.66. The zero-order chi connectivity index (χ0) is 22.1. The molecular weight excluding hydrogens is 416 g/mol. The van der Waals surface area contributed by atoms with Gasteiger partial charge in [0.2, 0.25) is 0 Å². The number of unbranched alkanes of at least 4 members (excludes halogenated alkanes) is 9. The molecule has 3 unspecified atom stereocenters. The first-order valence-electron chi connectivity index (χ1n) is 10.9. The van der Waals surface area contributed by atoms with Crippen molar-refractivity contribution in [2.45, 2.75) is 102 Å². The van der Waals surface area contributed by atoms with E-state index < -0.39 is 46.9 Å². The van der Waals surface area contributed by atoms with Crippen molar-refractivity contribution < 1.29 is 37.5 Å². The third kappa shape index (κ3) is 7.03. The van der Waals surface area contributed by atoms with Crippen LogP contribution in [0.25, 0.3) is 0 Å². The SMILES string of the molecule is CCCCCCCCCCCCOS(=O)(=O)N[C@@H]1C(O)C(O)[C@H](O)C2COC(=O)N21. The molecule has 0 aromatic carbocycles. The minimum Gasteiger partial charge on any atom is -0.447 e. The fourth-order valence-electron chi connectivity index (χ4n) is 3.88. The van der Waals surface area contributed by atoms with Crippen LogP contribution in [0.3, 0.4) is 0 Å². The van der Waals surface area contributed by atoms with Crippen LogP contribution >= 0.6 is 0 Å². The van der Waals surface area contributed by atoms with Gasteiger partial charge >= 0.3 is 16.4 Å². The normalized spacial score (nSPS) is 29.1.